The third-order valence-corrected chi connectivity index (χ3v) is 3.16. The summed E-state index contributed by atoms with van der Waals surface area (Å²) in [6.45, 7) is 8.00. The summed E-state index contributed by atoms with van der Waals surface area (Å²) in [5, 5.41) is 5.37. The molecule has 0 aliphatic heterocycles. The van der Waals surface area contributed by atoms with Crippen molar-refractivity contribution in [2.75, 3.05) is 0 Å². The van der Waals surface area contributed by atoms with Crippen LogP contribution in [0.3, 0.4) is 0 Å². The molecule has 1 heterocycles. The quantitative estimate of drug-likeness (QED) is 0.371. The summed E-state index contributed by atoms with van der Waals surface area (Å²) in [5.74, 6) is 0. The average Bonchev–Trinajstić information content (AvgIpc) is 2.89. The largest absolute Gasteiger partial charge is 0.354 e. The summed E-state index contributed by atoms with van der Waals surface area (Å²) in [4.78, 5) is 3.46. The van der Waals surface area contributed by atoms with Gasteiger partial charge in [0.15, 0.2) is 0 Å². The lowest BCUT2D eigenvalue weighted by Gasteiger charge is -2.00. The van der Waals surface area contributed by atoms with Crippen molar-refractivity contribution in [1.82, 2.24) is 4.98 Å². The van der Waals surface area contributed by atoms with Gasteiger partial charge in [-0.2, -0.15) is 0 Å². The highest BCUT2D eigenvalue weighted by Crippen LogP contribution is 2.33. The van der Waals surface area contributed by atoms with Crippen molar-refractivity contribution in [3.63, 3.8) is 0 Å². The highest BCUT2D eigenvalue weighted by atomic mass is 14.7. The number of benzene rings is 3. The fourth-order valence-electron chi connectivity index (χ4n) is 2.51. The molecule has 0 amide bonds. The fraction of sp³-hybridized carbons (Fsp3) is 0.222. The van der Waals surface area contributed by atoms with E-state index < -0.39 is 0 Å². The Bertz CT molecular complexity index is 700. The van der Waals surface area contributed by atoms with E-state index in [1.807, 2.05) is 27.7 Å². The average molecular weight is 251 g/mol. The van der Waals surface area contributed by atoms with Crippen LogP contribution in [0.2, 0.25) is 0 Å². The van der Waals surface area contributed by atoms with Crippen LogP contribution in [0.25, 0.3) is 32.6 Å². The molecule has 0 bridgehead atoms. The second-order valence-electron chi connectivity index (χ2n) is 4.00. The Hall–Kier alpha value is -2.02. The van der Waals surface area contributed by atoms with Crippen LogP contribution in [0.5, 0.6) is 0 Å². The van der Waals surface area contributed by atoms with Gasteiger partial charge >= 0.3 is 0 Å². The van der Waals surface area contributed by atoms with Crippen molar-refractivity contribution >= 4 is 32.6 Å². The smallest absolute Gasteiger partial charge is 0.0471 e. The monoisotopic (exact) mass is 251 g/mol. The van der Waals surface area contributed by atoms with Crippen molar-refractivity contribution in [3.05, 3.63) is 48.5 Å². The molecule has 1 heteroatoms. The number of rotatable bonds is 0. The second-order valence-corrected chi connectivity index (χ2v) is 4.00. The summed E-state index contributed by atoms with van der Waals surface area (Å²) < 4.78 is 0. The molecule has 1 nitrogen and oxygen atoms in total. The molecule has 98 valence electrons. The molecule has 19 heavy (non-hydrogen) atoms. The number of H-pyrrole nitrogens is 1. The predicted molar refractivity (Wildman–Crippen MR) is 87.2 cm³/mol. The van der Waals surface area contributed by atoms with Gasteiger partial charge in [-0.05, 0) is 22.9 Å². The first kappa shape index (κ1) is 13.4. The van der Waals surface area contributed by atoms with E-state index in [0.717, 1.165) is 0 Å². The van der Waals surface area contributed by atoms with Crippen LogP contribution in [0.15, 0.2) is 48.5 Å². The van der Waals surface area contributed by atoms with E-state index in [0.29, 0.717) is 0 Å². The number of aromatic nitrogens is 1. The van der Waals surface area contributed by atoms with Gasteiger partial charge in [-0.15, -0.1) is 0 Å². The molecule has 4 aromatic rings. The Kier molecular flexibility index (Phi) is 4.06. The first-order valence-electron chi connectivity index (χ1n) is 7.15. The minimum absolute atomic E-state index is 1.24. The van der Waals surface area contributed by atoms with Gasteiger partial charge in [-0.1, -0.05) is 64.1 Å². The van der Waals surface area contributed by atoms with Crippen LogP contribution < -0.4 is 0 Å². The van der Waals surface area contributed by atoms with Crippen molar-refractivity contribution in [3.8, 4) is 0 Å². The van der Waals surface area contributed by atoms with Crippen molar-refractivity contribution in [2.24, 2.45) is 0 Å². The van der Waals surface area contributed by atoms with Crippen LogP contribution in [-0.4, -0.2) is 4.98 Å². The fourth-order valence-corrected chi connectivity index (χ4v) is 2.51. The topological polar surface area (TPSA) is 15.8 Å². The van der Waals surface area contributed by atoms with Gasteiger partial charge in [0.1, 0.15) is 0 Å². The normalized spacial score (nSPS) is 10.1. The van der Waals surface area contributed by atoms with Crippen LogP contribution in [0.1, 0.15) is 27.7 Å². The summed E-state index contributed by atoms with van der Waals surface area (Å²) in [7, 11) is 0. The highest BCUT2D eigenvalue weighted by Gasteiger charge is 2.08. The van der Waals surface area contributed by atoms with E-state index in [1.165, 1.54) is 32.6 Å². The Labute approximate surface area is 114 Å². The number of nitrogens with one attached hydrogen (secondary N) is 1. The van der Waals surface area contributed by atoms with Gasteiger partial charge < -0.3 is 4.98 Å². The zero-order chi connectivity index (χ0) is 13.8. The molecule has 0 saturated heterocycles. The summed E-state index contributed by atoms with van der Waals surface area (Å²) in [6.07, 6.45) is 0. The predicted octanol–water partition coefficient (Wildman–Crippen LogP) is 5.96. The van der Waals surface area contributed by atoms with Crippen LogP contribution >= 0.6 is 0 Å². The highest BCUT2D eigenvalue weighted by molar-refractivity contribution is 6.22. The van der Waals surface area contributed by atoms with Crippen molar-refractivity contribution in [1.29, 1.82) is 0 Å². The van der Waals surface area contributed by atoms with Gasteiger partial charge in [-0.3, -0.25) is 0 Å². The molecule has 1 aromatic heterocycles. The Morgan fingerprint density at radius 1 is 0.579 bits per heavy atom. The Balaban J connectivity index is 0.000000308. The summed E-state index contributed by atoms with van der Waals surface area (Å²) in [6, 6.07) is 17.2. The lowest BCUT2D eigenvalue weighted by molar-refractivity contribution is 1.50. The maximum Gasteiger partial charge on any atom is 0.0471 e. The molecule has 0 aliphatic carbocycles. The minimum Gasteiger partial charge on any atom is -0.354 e. The second kappa shape index (κ2) is 5.75. The first-order chi connectivity index (χ1) is 9.43. The van der Waals surface area contributed by atoms with Crippen molar-refractivity contribution in [2.45, 2.75) is 27.7 Å². The standard InChI is InChI=1S/C14H9N.2C2H6/c1-3-9-7-8-10-4-2-6-12-14(10)13(9)11(5-1)15-12;2*1-2/h1-8,15H;2*1-2H3. The van der Waals surface area contributed by atoms with Crippen LogP contribution in [-0.2, 0) is 0 Å². The van der Waals surface area contributed by atoms with E-state index in [2.05, 4.69) is 53.5 Å². The molecule has 0 atom stereocenters. The van der Waals surface area contributed by atoms with Gasteiger partial charge in [0.05, 0.1) is 0 Å². The molecule has 1 N–H and O–H groups in total. The summed E-state index contributed by atoms with van der Waals surface area (Å²) in [5.41, 5.74) is 2.47. The van der Waals surface area contributed by atoms with Gasteiger partial charge in [0, 0.05) is 21.8 Å². The number of aromatic amines is 1. The minimum atomic E-state index is 1.24. The number of hydrogen-bond donors (Lipinski definition) is 1. The molecule has 3 aromatic carbocycles. The van der Waals surface area contributed by atoms with Crippen LogP contribution in [0, 0.1) is 0 Å². The van der Waals surface area contributed by atoms with Crippen LogP contribution in [0.4, 0.5) is 0 Å². The molecule has 0 radical (unpaired) electrons. The molecule has 0 aliphatic rings. The van der Waals surface area contributed by atoms with Gasteiger partial charge in [0.25, 0.3) is 0 Å². The zero-order valence-corrected chi connectivity index (χ0v) is 12.1. The molecule has 0 fully saturated rings. The SMILES string of the molecule is CC.CC.c1cc2ccc3cccc4[nH]c(c1)c2c34. The maximum absolute atomic E-state index is 3.46. The molecule has 0 saturated carbocycles. The van der Waals surface area contributed by atoms with E-state index in [1.54, 1.807) is 0 Å². The lowest BCUT2D eigenvalue weighted by Crippen LogP contribution is -1.74. The third kappa shape index (κ3) is 2.06. The van der Waals surface area contributed by atoms with E-state index in [-0.39, 0.29) is 0 Å². The summed E-state index contributed by atoms with van der Waals surface area (Å²) >= 11 is 0. The molecule has 0 unspecified atom stereocenters. The molecule has 0 spiro atoms. The van der Waals surface area contributed by atoms with E-state index in [4.69, 9.17) is 0 Å². The van der Waals surface area contributed by atoms with E-state index in [9.17, 15) is 0 Å². The van der Waals surface area contributed by atoms with E-state index >= 15 is 0 Å². The first-order valence-corrected chi connectivity index (χ1v) is 7.15. The van der Waals surface area contributed by atoms with Crippen molar-refractivity contribution < 1.29 is 0 Å². The Morgan fingerprint density at radius 3 is 1.42 bits per heavy atom. The lowest BCUT2D eigenvalue weighted by atomic mass is 10.0. The van der Waals surface area contributed by atoms with Gasteiger partial charge in [-0.25, -0.2) is 0 Å². The maximum atomic E-state index is 3.46. The van der Waals surface area contributed by atoms with Gasteiger partial charge in [0.2, 0.25) is 0 Å². The zero-order valence-electron chi connectivity index (χ0n) is 12.1. The molecular weight excluding hydrogens is 230 g/mol. The molecular formula is C18H21N. The molecule has 4 rings (SSSR count). The third-order valence-electron chi connectivity index (χ3n) is 3.16. The Morgan fingerprint density at radius 2 is 1.00 bits per heavy atom. The number of hydrogen-bond acceptors (Lipinski definition) is 0.